The lowest BCUT2D eigenvalue weighted by Crippen LogP contribution is -2.04. The van der Waals surface area contributed by atoms with E-state index in [9.17, 15) is 4.57 Å². The number of aryl methyl sites for hydroxylation is 1. The van der Waals surface area contributed by atoms with Gasteiger partial charge in [0.25, 0.3) is 0 Å². The first-order valence-corrected chi connectivity index (χ1v) is 16.3. The number of benzene rings is 3. The molecule has 0 radical (unpaired) electrons. The maximum atomic E-state index is 13.1. The Morgan fingerprint density at radius 2 is 1.56 bits per heavy atom. The number of methoxy groups -OCH3 is 1. The average molecular weight is 629 g/mol. The molecular weight excluding hydrogens is 591 g/mol. The van der Waals surface area contributed by atoms with Crippen LogP contribution in [0.2, 0.25) is 0 Å². The highest BCUT2D eigenvalue weighted by atomic mass is 31.2. The monoisotopic (exact) mass is 628 g/mol. The lowest BCUT2D eigenvalue weighted by molar-refractivity contribution is 0.229. The van der Waals surface area contributed by atoms with Gasteiger partial charge in [-0.3, -0.25) is 4.57 Å². The summed E-state index contributed by atoms with van der Waals surface area (Å²) >= 11 is 0. The second-order valence-corrected chi connectivity index (χ2v) is 11.8. The molecule has 0 bridgehead atoms. The number of hydrogen-bond donors (Lipinski definition) is 0. The van der Waals surface area contributed by atoms with Crippen LogP contribution in [-0.4, -0.2) is 39.7 Å². The molecule has 3 aromatic carbocycles. The van der Waals surface area contributed by atoms with E-state index in [0.717, 1.165) is 28.3 Å². The number of hydrogen-bond acceptors (Lipinski definition) is 8. The number of aromatic nitrogens is 4. The van der Waals surface area contributed by atoms with Crippen molar-refractivity contribution in [2.45, 2.75) is 27.1 Å². The summed E-state index contributed by atoms with van der Waals surface area (Å²) in [5.41, 5.74) is 4.26. The van der Waals surface area contributed by atoms with Crippen molar-refractivity contribution in [2.24, 2.45) is 7.05 Å². The van der Waals surface area contributed by atoms with Gasteiger partial charge in [-0.05, 0) is 49.8 Å². The minimum absolute atomic E-state index is 0.206. The lowest BCUT2D eigenvalue weighted by atomic mass is 10.2. The van der Waals surface area contributed by atoms with Crippen molar-refractivity contribution in [3.05, 3.63) is 114 Å². The van der Waals surface area contributed by atoms with Crippen molar-refractivity contribution in [2.75, 3.05) is 20.3 Å². The second kappa shape index (κ2) is 14.9. The fourth-order valence-corrected chi connectivity index (χ4v) is 5.88. The molecule has 0 atom stereocenters. The smallest absolute Gasteiger partial charge is 0.354 e. The predicted octanol–water partition coefficient (Wildman–Crippen LogP) is 7.68. The van der Waals surface area contributed by atoms with Gasteiger partial charge in [0, 0.05) is 30.8 Å². The topological polar surface area (TPSA) is 98.9 Å². The molecule has 234 valence electrons. The van der Waals surface area contributed by atoms with Crippen LogP contribution < -0.4 is 14.2 Å². The Kier molecular flexibility index (Phi) is 10.5. The van der Waals surface area contributed by atoms with E-state index in [-0.39, 0.29) is 26.4 Å². The van der Waals surface area contributed by atoms with Gasteiger partial charge in [0.15, 0.2) is 11.5 Å². The minimum Gasteiger partial charge on any atom is -0.493 e. The molecule has 0 aliphatic rings. The Morgan fingerprint density at radius 3 is 2.24 bits per heavy atom. The van der Waals surface area contributed by atoms with Crippen LogP contribution >= 0.6 is 7.60 Å². The summed E-state index contributed by atoms with van der Waals surface area (Å²) in [4.78, 5) is 4.74. The highest BCUT2D eigenvalue weighted by molar-refractivity contribution is 7.57. The van der Waals surface area contributed by atoms with Crippen LogP contribution in [0.3, 0.4) is 0 Å². The Balaban J connectivity index is 1.31. The van der Waals surface area contributed by atoms with E-state index >= 15 is 0 Å². The minimum atomic E-state index is -3.42. The first kappa shape index (κ1) is 31.8. The van der Waals surface area contributed by atoms with E-state index in [4.69, 9.17) is 28.2 Å². The van der Waals surface area contributed by atoms with Gasteiger partial charge in [0.05, 0.1) is 37.3 Å². The van der Waals surface area contributed by atoms with E-state index in [1.807, 2.05) is 103 Å². The molecule has 0 spiro atoms. The van der Waals surface area contributed by atoms with E-state index in [1.54, 1.807) is 31.7 Å². The third kappa shape index (κ3) is 8.10. The molecule has 0 aliphatic carbocycles. The Hall–Kier alpha value is -4.63. The van der Waals surface area contributed by atoms with E-state index in [1.165, 1.54) is 5.82 Å². The highest BCUT2D eigenvalue weighted by Gasteiger charge is 2.20. The van der Waals surface area contributed by atoms with E-state index in [2.05, 4.69) is 5.10 Å². The molecule has 0 fully saturated rings. The van der Waals surface area contributed by atoms with Crippen molar-refractivity contribution in [1.29, 1.82) is 0 Å². The predicted molar refractivity (Wildman–Crippen MR) is 174 cm³/mol. The Labute approximate surface area is 263 Å². The van der Waals surface area contributed by atoms with Crippen molar-refractivity contribution in [3.63, 3.8) is 0 Å². The second-order valence-electron chi connectivity index (χ2n) is 9.94. The van der Waals surface area contributed by atoms with Crippen LogP contribution in [-0.2, 0) is 33.9 Å². The molecule has 5 rings (SSSR count). The van der Waals surface area contributed by atoms with Crippen LogP contribution in [0.25, 0.3) is 23.0 Å². The van der Waals surface area contributed by atoms with Crippen LogP contribution in [0.4, 0.5) is 0 Å². The van der Waals surface area contributed by atoms with Gasteiger partial charge in [-0.2, -0.15) is 0 Å². The van der Waals surface area contributed by atoms with E-state index in [0.29, 0.717) is 22.9 Å². The maximum Gasteiger partial charge on any atom is 0.354 e. The van der Waals surface area contributed by atoms with Gasteiger partial charge in [0.2, 0.25) is 5.88 Å². The summed E-state index contributed by atoms with van der Waals surface area (Å²) in [6.07, 6.45) is 5.45. The zero-order chi connectivity index (χ0) is 31.6. The summed E-state index contributed by atoms with van der Waals surface area (Å²) in [6.45, 7) is 4.53. The number of ether oxygens (including phenoxy) is 3. The van der Waals surface area contributed by atoms with Crippen LogP contribution in [0, 0.1) is 0 Å². The van der Waals surface area contributed by atoms with Crippen molar-refractivity contribution in [1.82, 2.24) is 19.3 Å². The zero-order valence-electron chi connectivity index (χ0n) is 25.8. The standard InChI is InChI=1S/C34H37N4O6P/c1-5-43-45(39,44-6-2)20-19-28-22-38(29-15-11-8-12-16-29)36-34(28)42-24-26-17-18-31(32(21-26)40-4)41-25-33-35-30(23-37(33)3)27-13-9-7-10-14-27/h7-23H,5-6,24-25H2,1-4H3. The van der Waals surface area contributed by atoms with Gasteiger partial charge < -0.3 is 27.8 Å². The molecule has 2 heterocycles. The first-order valence-electron chi connectivity index (χ1n) is 14.6. The first-order chi connectivity index (χ1) is 21.9. The average Bonchev–Trinajstić information content (AvgIpc) is 3.66. The maximum absolute atomic E-state index is 13.1. The summed E-state index contributed by atoms with van der Waals surface area (Å²) in [5.74, 6) is 3.75. The quantitative estimate of drug-likeness (QED) is 0.109. The lowest BCUT2D eigenvalue weighted by Gasteiger charge is -2.13. The molecule has 0 saturated heterocycles. The molecule has 5 aromatic rings. The van der Waals surface area contributed by atoms with Crippen molar-refractivity contribution >= 4 is 13.7 Å². The van der Waals surface area contributed by atoms with Crippen LogP contribution in [0.5, 0.6) is 17.4 Å². The highest BCUT2D eigenvalue weighted by Crippen LogP contribution is 2.50. The molecule has 45 heavy (non-hydrogen) atoms. The fourth-order valence-electron chi connectivity index (χ4n) is 4.57. The van der Waals surface area contributed by atoms with E-state index < -0.39 is 7.60 Å². The third-order valence-electron chi connectivity index (χ3n) is 6.78. The molecule has 0 amide bonds. The molecular formula is C34H37N4O6P. The van der Waals surface area contributed by atoms with Gasteiger partial charge in [-0.1, -0.05) is 54.6 Å². The normalized spacial score (nSPS) is 11.6. The van der Waals surface area contributed by atoms with Crippen molar-refractivity contribution < 1.29 is 27.8 Å². The van der Waals surface area contributed by atoms with Crippen molar-refractivity contribution in [3.8, 4) is 34.3 Å². The molecule has 0 saturated carbocycles. The Morgan fingerprint density at radius 1 is 0.844 bits per heavy atom. The largest absolute Gasteiger partial charge is 0.493 e. The van der Waals surface area contributed by atoms with Crippen LogP contribution in [0.15, 0.2) is 97.1 Å². The van der Waals surface area contributed by atoms with Gasteiger partial charge in [0.1, 0.15) is 19.0 Å². The molecule has 0 aliphatic heterocycles. The third-order valence-corrected chi connectivity index (χ3v) is 8.54. The fraction of sp³-hybridized carbons (Fsp3) is 0.235. The van der Waals surface area contributed by atoms with Gasteiger partial charge in [-0.25, -0.2) is 9.67 Å². The summed E-state index contributed by atoms with van der Waals surface area (Å²) in [5, 5.41) is 4.65. The number of imidazole rings is 1. The molecule has 0 unspecified atom stereocenters. The number of para-hydroxylation sites is 1. The number of rotatable bonds is 15. The summed E-state index contributed by atoms with van der Waals surface area (Å²) in [6, 6.07) is 25.3. The molecule has 0 N–H and O–H groups in total. The molecule has 11 heteroatoms. The van der Waals surface area contributed by atoms with Crippen LogP contribution in [0.1, 0.15) is 30.8 Å². The van der Waals surface area contributed by atoms with Gasteiger partial charge in [-0.15, -0.1) is 5.10 Å². The summed E-state index contributed by atoms with van der Waals surface area (Å²) in [7, 11) is 0.130. The Bertz CT molecular complexity index is 1760. The number of nitrogens with zero attached hydrogens (tertiary/aromatic N) is 4. The molecule has 10 nitrogen and oxygen atoms in total. The van der Waals surface area contributed by atoms with Gasteiger partial charge >= 0.3 is 7.60 Å². The summed E-state index contributed by atoms with van der Waals surface area (Å²) < 4.78 is 45.5. The SMILES string of the molecule is CCOP(=O)(C=Cc1cn(-c2ccccc2)nc1OCc1ccc(OCc2nc(-c3ccccc3)cn2C)c(OC)c1)OCC. The molecule has 2 aromatic heterocycles. The zero-order valence-corrected chi connectivity index (χ0v) is 26.7.